The summed E-state index contributed by atoms with van der Waals surface area (Å²) in [6, 6.07) is 0. The van der Waals surface area contributed by atoms with Gasteiger partial charge in [0.15, 0.2) is 0 Å². The molecule has 0 bridgehead atoms. The molecule has 1 aromatic rings. The van der Waals surface area contributed by atoms with E-state index in [9.17, 15) is 9.59 Å². The van der Waals surface area contributed by atoms with E-state index in [0.717, 1.165) is 14.2 Å². The highest BCUT2D eigenvalue weighted by molar-refractivity contribution is 5.66. The monoisotopic (exact) mass is 258 g/mol. The number of hydrogen-bond acceptors (Lipinski definition) is 7. The first-order valence-corrected chi connectivity index (χ1v) is 5.09. The minimum Gasteiger partial charge on any atom is -0.437 e. The van der Waals surface area contributed by atoms with E-state index >= 15 is 0 Å². The van der Waals surface area contributed by atoms with Gasteiger partial charge >= 0.3 is 12.3 Å². The summed E-state index contributed by atoms with van der Waals surface area (Å²) in [7, 11) is 2.31. The first-order chi connectivity index (χ1) is 8.47. The summed E-state index contributed by atoms with van der Waals surface area (Å²) in [4.78, 5) is 28.7. The fourth-order valence-corrected chi connectivity index (χ4v) is 1.02. The average molecular weight is 258 g/mol. The quantitative estimate of drug-likeness (QED) is 0.825. The fraction of sp³-hybridized carbons (Fsp3) is 0.500. The molecule has 0 saturated heterocycles. The molecular weight excluding hydrogens is 244 g/mol. The first-order valence-electron chi connectivity index (χ1n) is 5.09. The fourth-order valence-electron chi connectivity index (χ4n) is 1.02. The van der Waals surface area contributed by atoms with Crippen molar-refractivity contribution in [2.24, 2.45) is 0 Å². The van der Waals surface area contributed by atoms with Crippen molar-refractivity contribution in [3.8, 4) is 11.8 Å². The van der Waals surface area contributed by atoms with Crippen molar-refractivity contribution in [1.82, 2.24) is 9.97 Å². The van der Waals surface area contributed by atoms with E-state index in [-0.39, 0.29) is 17.7 Å². The summed E-state index contributed by atoms with van der Waals surface area (Å²) in [5.74, 6) is 0.222. The zero-order valence-electron chi connectivity index (χ0n) is 10.5. The first kappa shape index (κ1) is 13.8. The number of carbonyl (C=O) groups excluding carboxylic acids is 2. The number of nitrogens with one attached hydrogen (secondary N) is 1. The van der Waals surface area contributed by atoms with Gasteiger partial charge in [-0.05, 0) is 0 Å². The molecule has 0 fully saturated rings. The molecule has 0 saturated carbocycles. The molecule has 1 N–H and O–H groups in total. The van der Waals surface area contributed by atoms with Crippen LogP contribution in [-0.4, -0.2) is 36.5 Å². The number of methoxy groups -OCH3 is 2. The second-order valence-electron chi connectivity index (χ2n) is 3.52. The van der Waals surface area contributed by atoms with Gasteiger partial charge in [0, 0.05) is 5.92 Å². The summed E-state index contributed by atoms with van der Waals surface area (Å²) < 4.78 is 18.1. The second kappa shape index (κ2) is 5.89. The third kappa shape index (κ3) is 3.37. The molecule has 0 aromatic carbocycles. The van der Waals surface area contributed by atoms with Crippen LogP contribution in [-0.2, 0) is 9.47 Å². The van der Waals surface area contributed by atoms with Crippen LogP contribution in [0, 0.1) is 0 Å². The Bertz CT molecular complexity index is 404. The van der Waals surface area contributed by atoms with E-state index in [1.165, 1.54) is 0 Å². The molecule has 0 aliphatic heterocycles. The highest BCUT2D eigenvalue weighted by atomic mass is 16.7. The number of aromatic nitrogens is 2. The summed E-state index contributed by atoms with van der Waals surface area (Å²) in [5.41, 5.74) is 0. The predicted molar refractivity (Wildman–Crippen MR) is 58.7 cm³/mol. The van der Waals surface area contributed by atoms with Gasteiger partial charge in [0.25, 0.3) is 11.8 Å². The van der Waals surface area contributed by atoms with E-state index in [2.05, 4.69) is 19.4 Å². The maximum absolute atomic E-state index is 11.0. The molecule has 0 atom stereocenters. The number of carbonyl (C=O) groups is 2. The molecule has 1 aromatic heterocycles. The van der Waals surface area contributed by atoms with Crippen LogP contribution in [0.15, 0.2) is 0 Å². The van der Waals surface area contributed by atoms with E-state index in [1.54, 1.807) is 0 Å². The maximum atomic E-state index is 11.0. The number of nitrogens with zero attached hydrogens (tertiary/aromatic N) is 1. The molecule has 0 amide bonds. The summed E-state index contributed by atoms with van der Waals surface area (Å²) in [6.45, 7) is 3.73. The molecule has 0 aliphatic carbocycles. The molecule has 0 spiro atoms. The van der Waals surface area contributed by atoms with Crippen LogP contribution >= 0.6 is 0 Å². The van der Waals surface area contributed by atoms with Gasteiger partial charge in [-0.15, -0.1) is 0 Å². The normalized spacial score (nSPS) is 10.1. The minimum atomic E-state index is -0.966. The van der Waals surface area contributed by atoms with Crippen molar-refractivity contribution in [2.45, 2.75) is 19.8 Å². The van der Waals surface area contributed by atoms with Crippen LogP contribution in [0.25, 0.3) is 0 Å². The van der Waals surface area contributed by atoms with Crippen molar-refractivity contribution in [1.29, 1.82) is 0 Å². The number of rotatable bonds is 3. The number of imidazole rings is 1. The molecule has 8 nitrogen and oxygen atoms in total. The van der Waals surface area contributed by atoms with Crippen molar-refractivity contribution < 1.29 is 28.5 Å². The van der Waals surface area contributed by atoms with Crippen LogP contribution in [0.1, 0.15) is 25.6 Å². The van der Waals surface area contributed by atoms with Gasteiger partial charge in [-0.3, -0.25) is 0 Å². The Morgan fingerprint density at radius 2 is 1.67 bits per heavy atom. The summed E-state index contributed by atoms with van der Waals surface area (Å²) >= 11 is 0. The lowest BCUT2D eigenvalue weighted by Gasteiger charge is -2.02. The van der Waals surface area contributed by atoms with Crippen LogP contribution in [0.2, 0.25) is 0 Å². The van der Waals surface area contributed by atoms with Crippen LogP contribution in [0.5, 0.6) is 11.8 Å². The number of ether oxygens (including phenoxy) is 4. The van der Waals surface area contributed by atoms with E-state index in [4.69, 9.17) is 9.47 Å². The Morgan fingerprint density at radius 3 is 2.17 bits per heavy atom. The van der Waals surface area contributed by atoms with Gasteiger partial charge in [0.1, 0.15) is 5.82 Å². The predicted octanol–water partition coefficient (Wildman–Crippen LogP) is 1.82. The Kier molecular flexibility index (Phi) is 4.52. The van der Waals surface area contributed by atoms with Crippen molar-refractivity contribution in [2.75, 3.05) is 14.2 Å². The van der Waals surface area contributed by atoms with E-state index in [1.807, 2.05) is 13.8 Å². The molecule has 100 valence electrons. The smallest absolute Gasteiger partial charge is 0.437 e. The Labute approximate surface area is 103 Å². The van der Waals surface area contributed by atoms with Gasteiger partial charge in [-0.1, -0.05) is 13.8 Å². The third-order valence-electron chi connectivity index (χ3n) is 1.90. The molecular formula is C10H14N2O6. The Hall–Kier alpha value is -2.25. The average Bonchev–Trinajstić information content (AvgIpc) is 2.72. The zero-order chi connectivity index (χ0) is 13.7. The minimum absolute atomic E-state index is 0.0278. The summed E-state index contributed by atoms with van der Waals surface area (Å²) in [5, 5.41) is 0. The number of hydrogen-bond donors (Lipinski definition) is 1. The largest absolute Gasteiger partial charge is 0.515 e. The van der Waals surface area contributed by atoms with Gasteiger partial charge in [0.05, 0.1) is 14.2 Å². The highest BCUT2D eigenvalue weighted by Gasteiger charge is 2.21. The highest BCUT2D eigenvalue weighted by Crippen LogP contribution is 2.27. The van der Waals surface area contributed by atoms with Gasteiger partial charge < -0.3 is 23.9 Å². The molecule has 8 heteroatoms. The molecule has 1 heterocycles. The molecule has 1 rings (SSSR count). The Morgan fingerprint density at radius 1 is 1.11 bits per heavy atom. The topological polar surface area (TPSA) is 99.7 Å². The third-order valence-corrected chi connectivity index (χ3v) is 1.90. The van der Waals surface area contributed by atoms with E-state index in [0.29, 0.717) is 5.82 Å². The molecule has 18 heavy (non-hydrogen) atoms. The lowest BCUT2D eigenvalue weighted by atomic mass is 10.2. The van der Waals surface area contributed by atoms with Crippen molar-refractivity contribution >= 4 is 12.3 Å². The zero-order valence-corrected chi connectivity index (χ0v) is 10.5. The van der Waals surface area contributed by atoms with Gasteiger partial charge in [-0.2, -0.15) is 4.98 Å². The molecule has 0 radical (unpaired) electrons. The number of H-pyrrole nitrogens is 1. The van der Waals surface area contributed by atoms with Crippen LogP contribution in [0.4, 0.5) is 9.59 Å². The SMILES string of the molecule is COC(=O)Oc1nc(C(C)C)[nH]c1OC(=O)OC. The van der Waals surface area contributed by atoms with Gasteiger partial charge in [-0.25, -0.2) is 9.59 Å². The number of aromatic amines is 1. The second-order valence-corrected chi connectivity index (χ2v) is 3.52. The lowest BCUT2D eigenvalue weighted by Crippen LogP contribution is -2.11. The van der Waals surface area contributed by atoms with Crippen LogP contribution in [0.3, 0.4) is 0 Å². The summed E-state index contributed by atoms with van der Waals surface area (Å²) in [6.07, 6.45) is -1.92. The maximum Gasteiger partial charge on any atom is 0.515 e. The standard InChI is InChI=1S/C10H14N2O6/c1-5(2)6-11-7(17-9(13)15-3)8(12-6)18-10(14)16-4/h5H,1-4H3,(H,11,12). The van der Waals surface area contributed by atoms with Crippen LogP contribution < -0.4 is 9.47 Å². The molecule has 0 unspecified atom stereocenters. The van der Waals surface area contributed by atoms with Crippen molar-refractivity contribution in [3.05, 3.63) is 5.82 Å². The van der Waals surface area contributed by atoms with E-state index < -0.39 is 12.3 Å². The van der Waals surface area contributed by atoms with Crippen molar-refractivity contribution in [3.63, 3.8) is 0 Å². The Balaban J connectivity index is 2.97. The molecule has 0 aliphatic rings. The van der Waals surface area contributed by atoms with Gasteiger partial charge in [0.2, 0.25) is 0 Å². The lowest BCUT2D eigenvalue weighted by molar-refractivity contribution is 0.108.